The SMILES string of the molecule is c1ccc(C[N+]23CCN=C2C2=C4N(CCN5CCN=C25)CCN4CC3)cc1. The molecule has 0 spiro atoms. The molecule has 1 saturated heterocycles. The minimum atomic E-state index is 0.929. The first kappa shape index (κ1) is 15.7. The summed E-state index contributed by atoms with van der Waals surface area (Å²) in [4.78, 5) is 17.8. The largest absolute Gasteiger partial charge is 0.354 e. The second-order valence-corrected chi connectivity index (χ2v) is 8.31. The highest BCUT2D eigenvalue weighted by Crippen LogP contribution is 2.36. The van der Waals surface area contributed by atoms with Crippen LogP contribution in [0.5, 0.6) is 0 Å². The molecule has 5 aliphatic rings. The van der Waals surface area contributed by atoms with Gasteiger partial charge in [0.1, 0.15) is 36.9 Å². The molecule has 0 amide bonds. The zero-order valence-corrected chi connectivity index (χ0v) is 15.8. The van der Waals surface area contributed by atoms with Gasteiger partial charge in [0.05, 0.1) is 19.6 Å². The average Bonchev–Trinajstić information content (AvgIpc) is 3.38. The number of aliphatic imine (C=N–C) groups is 2. The van der Waals surface area contributed by atoms with Crippen molar-refractivity contribution in [2.24, 2.45) is 9.98 Å². The zero-order valence-electron chi connectivity index (χ0n) is 15.8. The van der Waals surface area contributed by atoms with Crippen LogP contribution in [0.1, 0.15) is 5.56 Å². The lowest BCUT2D eigenvalue weighted by atomic mass is 10.1. The number of hydrogen-bond acceptors (Lipinski definition) is 5. The van der Waals surface area contributed by atoms with Crippen molar-refractivity contribution in [2.75, 3.05) is 65.4 Å². The van der Waals surface area contributed by atoms with Gasteiger partial charge in [0.15, 0.2) is 0 Å². The predicted octanol–water partition coefficient (Wildman–Crippen LogP) is 0.986. The van der Waals surface area contributed by atoms with Crippen molar-refractivity contribution in [3.8, 4) is 0 Å². The van der Waals surface area contributed by atoms with Crippen LogP contribution in [0.3, 0.4) is 0 Å². The highest BCUT2D eigenvalue weighted by Gasteiger charge is 2.50. The third kappa shape index (κ3) is 2.29. The van der Waals surface area contributed by atoms with Crippen LogP contribution in [0.25, 0.3) is 0 Å². The smallest absolute Gasteiger partial charge is 0.238 e. The molecule has 0 bridgehead atoms. The molecular weight excluding hydrogens is 336 g/mol. The van der Waals surface area contributed by atoms with E-state index in [1.54, 1.807) is 0 Å². The molecule has 6 heteroatoms. The van der Waals surface area contributed by atoms with Gasteiger partial charge in [0, 0.05) is 38.3 Å². The average molecular weight is 363 g/mol. The second-order valence-electron chi connectivity index (χ2n) is 8.31. The van der Waals surface area contributed by atoms with E-state index in [2.05, 4.69) is 45.0 Å². The third-order valence-electron chi connectivity index (χ3n) is 6.85. The summed E-state index contributed by atoms with van der Waals surface area (Å²) in [5.41, 5.74) is 2.77. The Hall–Kier alpha value is -2.34. The van der Waals surface area contributed by atoms with Crippen LogP contribution in [0.4, 0.5) is 0 Å². The first-order valence-electron chi connectivity index (χ1n) is 10.3. The lowest BCUT2D eigenvalue weighted by Gasteiger charge is -2.35. The first-order valence-corrected chi connectivity index (χ1v) is 10.3. The molecule has 6 rings (SSSR count). The minimum Gasteiger partial charge on any atom is -0.354 e. The number of nitrogens with zero attached hydrogens (tertiary/aromatic N) is 6. The minimum absolute atomic E-state index is 0.929. The summed E-state index contributed by atoms with van der Waals surface area (Å²) in [7, 11) is 0. The Kier molecular flexibility index (Phi) is 3.39. The molecule has 0 aromatic heterocycles. The molecule has 1 atom stereocenters. The Balaban J connectivity index is 1.50. The molecular formula is C21H27N6+. The van der Waals surface area contributed by atoms with E-state index in [0.717, 1.165) is 76.5 Å². The fourth-order valence-electron chi connectivity index (χ4n) is 5.50. The van der Waals surface area contributed by atoms with Crippen LogP contribution in [-0.2, 0) is 6.54 Å². The summed E-state index contributed by atoms with van der Waals surface area (Å²) in [6, 6.07) is 11.0. The maximum atomic E-state index is 5.14. The Morgan fingerprint density at radius 2 is 1.56 bits per heavy atom. The number of amidine groups is 2. The van der Waals surface area contributed by atoms with E-state index in [4.69, 9.17) is 9.98 Å². The van der Waals surface area contributed by atoms with Crippen molar-refractivity contribution in [3.05, 3.63) is 47.3 Å². The molecule has 1 aromatic rings. The summed E-state index contributed by atoms with van der Waals surface area (Å²) in [5, 5.41) is 0. The van der Waals surface area contributed by atoms with Crippen LogP contribution in [0, 0.1) is 0 Å². The Bertz CT molecular complexity index is 857. The van der Waals surface area contributed by atoms with Crippen molar-refractivity contribution in [1.82, 2.24) is 14.7 Å². The van der Waals surface area contributed by atoms with Gasteiger partial charge in [0.25, 0.3) is 0 Å². The predicted molar refractivity (Wildman–Crippen MR) is 106 cm³/mol. The number of fused-ring (bicyclic) bond motifs is 4. The Morgan fingerprint density at radius 3 is 2.41 bits per heavy atom. The first-order chi connectivity index (χ1) is 13.3. The number of rotatable bonds is 2. The van der Waals surface area contributed by atoms with Gasteiger partial charge in [-0.15, -0.1) is 0 Å². The summed E-state index contributed by atoms with van der Waals surface area (Å²) < 4.78 is 0.986. The van der Waals surface area contributed by atoms with Crippen LogP contribution >= 0.6 is 0 Å². The standard InChI is InChI=1S/C21H27N6/c1-2-4-17(5-3-1)16-27-14-7-23-20(27)18-19-22-6-8-24(19)9-10-25-11-12-26(13-15-27)21(18)25/h1-5H,6-16H2/q+1. The summed E-state index contributed by atoms with van der Waals surface area (Å²) in [5.74, 6) is 3.94. The fourth-order valence-corrected chi connectivity index (χ4v) is 5.50. The highest BCUT2D eigenvalue weighted by molar-refractivity contribution is 6.22. The van der Waals surface area contributed by atoms with E-state index in [0.29, 0.717) is 0 Å². The Morgan fingerprint density at radius 1 is 0.778 bits per heavy atom. The topological polar surface area (TPSA) is 34.4 Å². The van der Waals surface area contributed by atoms with E-state index in [-0.39, 0.29) is 0 Å². The van der Waals surface area contributed by atoms with Crippen LogP contribution in [0.2, 0.25) is 0 Å². The lowest BCUT2D eigenvalue weighted by Crippen LogP contribution is -2.53. The molecule has 1 unspecified atom stereocenters. The van der Waals surface area contributed by atoms with Crippen molar-refractivity contribution in [1.29, 1.82) is 0 Å². The van der Waals surface area contributed by atoms with Gasteiger partial charge in [-0.2, -0.15) is 0 Å². The molecule has 5 heterocycles. The third-order valence-corrected chi connectivity index (χ3v) is 6.85. The zero-order chi connectivity index (χ0) is 17.8. The van der Waals surface area contributed by atoms with Gasteiger partial charge in [-0.05, 0) is 0 Å². The van der Waals surface area contributed by atoms with E-state index >= 15 is 0 Å². The fraction of sp³-hybridized carbons (Fsp3) is 0.524. The molecule has 1 fully saturated rings. The molecule has 0 saturated carbocycles. The number of benzene rings is 1. The summed E-state index contributed by atoms with van der Waals surface area (Å²) >= 11 is 0. The number of quaternary nitrogens is 1. The number of hydrogen-bond donors (Lipinski definition) is 0. The molecule has 5 aliphatic heterocycles. The molecule has 0 N–H and O–H groups in total. The van der Waals surface area contributed by atoms with Crippen LogP contribution < -0.4 is 0 Å². The van der Waals surface area contributed by atoms with Crippen LogP contribution in [-0.4, -0.2) is 96.3 Å². The maximum absolute atomic E-state index is 5.14. The molecule has 140 valence electrons. The van der Waals surface area contributed by atoms with Gasteiger partial charge >= 0.3 is 0 Å². The molecule has 0 radical (unpaired) electrons. The van der Waals surface area contributed by atoms with Gasteiger partial charge < -0.3 is 14.7 Å². The normalized spacial score (nSPS) is 29.1. The summed E-state index contributed by atoms with van der Waals surface area (Å²) in [6.45, 7) is 11.8. The van der Waals surface area contributed by atoms with Crippen molar-refractivity contribution in [2.45, 2.75) is 6.54 Å². The van der Waals surface area contributed by atoms with E-state index in [1.165, 1.54) is 28.6 Å². The molecule has 0 aliphatic carbocycles. The van der Waals surface area contributed by atoms with Crippen molar-refractivity contribution in [3.63, 3.8) is 0 Å². The lowest BCUT2D eigenvalue weighted by molar-refractivity contribution is -0.847. The van der Waals surface area contributed by atoms with Gasteiger partial charge in [0.2, 0.25) is 5.84 Å². The maximum Gasteiger partial charge on any atom is 0.238 e. The molecule has 1 aromatic carbocycles. The molecule has 27 heavy (non-hydrogen) atoms. The Labute approximate surface area is 160 Å². The van der Waals surface area contributed by atoms with Crippen molar-refractivity contribution < 1.29 is 4.48 Å². The van der Waals surface area contributed by atoms with E-state index < -0.39 is 0 Å². The monoisotopic (exact) mass is 363 g/mol. The second kappa shape index (κ2) is 5.83. The highest BCUT2D eigenvalue weighted by atomic mass is 15.5. The van der Waals surface area contributed by atoms with E-state index in [9.17, 15) is 0 Å². The van der Waals surface area contributed by atoms with Gasteiger partial charge in [-0.3, -0.25) is 9.48 Å². The van der Waals surface area contributed by atoms with Crippen LogP contribution in [0.15, 0.2) is 51.7 Å². The van der Waals surface area contributed by atoms with Gasteiger partial charge in [-0.25, -0.2) is 4.99 Å². The van der Waals surface area contributed by atoms with Gasteiger partial charge in [-0.1, -0.05) is 30.3 Å². The summed E-state index contributed by atoms with van der Waals surface area (Å²) in [6.07, 6.45) is 0. The van der Waals surface area contributed by atoms with Crippen molar-refractivity contribution >= 4 is 11.7 Å². The molecule has 6 nitrogen and oxygen atoms in total. The van der Waals surface area contributed by atoms with E-state index in [1.807, 2.05) is 0 Å². The quantitative estimate of drug-likeness (QED) is 0.735.